The molecular weight excluding hydrogens is 263 g/mol. The molecular formula is C8H5BrF3NO. The lowest BCUT2D eigenvalue weighted by atomic mass is 10.1. The SMILES string of the molecule is O=Nc1cccc(C(F)(F)F)c1CBr. The molecule has 0 unspecified atom stereocenters. The molecule has 1 aromatic rings. The van der Waals surface area contributed by atoms with Crippen LogP contribution in [-0.2, 0) is 11.5 Å². The minimum atomic E-state index is -4.45. The number of rotatable bonds is 2. The number of nitrogens with zero attached hydrogens (tertiary/aromatic N) is 1. The summed E-state index contributed by atoms with van der Waals surface area (Å²) in [5.41, 5.74) is -1.14. The number of nitroso groups, excluding NO2 is 1. The zero-order valence-electron chi connectivity index (χ0n) is 6.81. The van der Waals surface area contributed by atoms with E-state index in [1.807, 2.05) is 0 Å². The highest BCUT2D eigenvalue weighted by Crippen LogP contribution is 2.36. The fourth-order valence-corrected chi connectivity index (χ4v) is 1.66. The predicted octanol–water partition coefficient (Wildman–Crippen LogP) is 4.00. The highest BCUT2D eigenvalue weighted by molar-refractivity contribution is 9.08. The van der Waals surface area contributed by atoms with Crippen LogP contribution in [0.1, 0.15) is 11.1 Å². The molecule has 1 rings (SSSR count). The first-order chi connectivity index (χ1) is 6.50. The molecule has 6 heteroatoms. The average molecular weight is 268 g/mol. The van der Waals surface area contributed by atoms with Gasteiger partial charge in [0.1, 0.15) is 5.69 Å². The minimum absolute atomic E-state index is 0.0518. The molecule has 0 radical (unpaired) electrons. The maximum Gasteiger partial charge on any atom is 0.416 e. The van der Waals surface area contributed by atoms with E-state index >= 15 is 0 Å². The van der Waals surface area contributed by atoms with Crippen LogP contribution in [0.2, 0.25) is 0 Å². The maximum absolute atomic E-state index is 12.4. The zero-order chi connectivity index (χ0) is 10.8. The normalized spacial score (nSPS) is 11.4. The Kier molecular flexibility index (Phi) is 3.25. The van der Waals surface area contributed by atoms with Crippen LogP contribution in [0.5, 0.6) is 0 Å². The van der Waals surface area contributed by atoms with Gasteiger partial charge in [0.2, 0.25) is 0 Å². The van der Waals surface area contributed by atoms with Gasteiger partial charge in [-0.1, -0.05) is 22.0 Å². The maximum atomic E-state index is 12.4. The fourth-order valence-electron chi connectivity index (χ4n) is 1.07. The molecule has 0 heterocycles. The monoisotopic (exact) mass is 267 g/mol. The first-order valence-corrected chi connectivity index (χ1v) is 4.71. The minimum Gasteiger partial charge on any atom is -0.166 e. The Bertz CT molecular complexity index is 351. The van der Waals surface area contributed by atoms with Crippen molar-refractivity contribution >= 4 is 21.6 Å². The molecule has 0 atom stereocenters. The van der Waals surface area contributed by atoms with Gasteiger partial charge in [-0.2, -0.15) is 13.2 Å². The van der Waals surface area contributed by atoms with Gasteiger partial charge in [0.15, 0.2) is 0 Å². The Balaban J connectivity index is 3.36. The second-order valence-electron chi connectivity index (χ2n) is 2.53. The van der Waals surface area contributed by atoms with Crippen LogP contribution < -0.4 is 0 Å². The van der Waals surface area contributed by atoms with E-state index in [1.54, 1.807) is 0 Å². The highest BCUT2D eigenvalue weighted by Gasteiger charge is 2.33. The van der Waals surface area contributed by atoms with Crippen molar-refractivity contribution in [3.05, 3.63) is 34.2 Å². The van der Waals surface area contributed by atoms with E-state index < -0.39 is 11.7 Å². The molecule has 76 valence electrons. The number of halogens is 4. The topological polar surface area (TPSA) is 29.4 Å². The molecule has 0 bridgehead atoms. The molecule has 0 aromatic heterocycles. The zero-order valence-corrected chi connectivity index (χ0v) is 8.39. The smallest absolute Gasteiger partial charge is 0.166 e. The summed E-state index contributed by atoms with van der Waals surface area (Å²) in [7, 11) is 0. The quantitative estimate of drug-likeness (QED) is 0.588. The van der Waals surface area contributed by atoms with Crippen molar-refractivity contribution in [2.24, 2.45) is 5.18 Å². The van der Waals surface area contributed by atoms with Crippen molar-refractivity contribution < 1.29 is 13.2 Å². The largest absolute Gasteiger partial charge is 0.416 e. The molecule has 0 aliphatic rings. The van der Waals surface area contributed by atoms with Crippen molar-refractivity contribution in [2.75, 3.05) is 0 Å². The van der Waals surface area contributed by atoms with Gasteiger partial charge in [0.05, 0.1) is 5.56 Å². The predicted molar refractivity (Wildman–Crippen MR) is 49.5 cm³/mol. The Morgan fingerprint density at radius 3 is 2.43 bits per heavy atom. The van der Waals surface area contributed by atoms with Gasteiger partial charge >= 0.3 is 6.18 Å². The van der Waals surface area contributed by atoms with Gasteiger partial charge in [-0.3, -0.25) is 0 Å². The molecule has 0 N–H and O–H groups in total. The number of hydrogen-bond donors (Lipinski definition) is 0. The third-order valence-electron chi connectivity index (χ3n) is 1.69. The van der Waals surface area contributed by atoms with E-state index in [4.69, 9.17) is 0 Å². The summed E-state index contributed by atoms with van der Waals surface area (Å²) >= 11 is 2.89. The summed E-state index contributed by atoms with van der Waals surface area (Å²) in [6.45, 7) is 0. The van der Waals surface area contributed by atoms with Gasteiger partial charge in [-0.25, -0.2) is 0 Å². The fraction of sp³-hybridized carbons (Fsp3) is 0.250. The van der Waals surface area contributed by atoms with Crippen LogP contribution in [-0.4, -0.2) is 0 Å². The molecule has 0 saturated heterocycles. The van der Waals surface area contributed by atoms with Gasteiger partial charge in [0, 0.05) is 10.9 Å². The van der Waals surface area contributed by atoms with Crippen molar-refractivity contribution in [1.29, 1.82) is 0 Å². The molecule has 0 amide bonds. The van der Waals surface area contributed by atoms with Crippen LogP contribution in [0.4, 0.5) is 18.9 Å². The molecule has 1 aromatic carbocycles. The molecule has 0 aliphatic heterocycles. The highest BCUT2D eigenvalue weighted by atomic mass is 79.9. The van der Waals surface area contributed by atoms with Crippen LogP contribution in [0, 0.1) is 4.91 Å². The van der Waals surface area contributed by atoms with E-state index in [-0.39, 0.29) is 16.6 Å². The first-order valence-electron chi connectivity index (χ1n) is 3.59. The van der Waals surface area contributed by atoms with Crippen LogP contribution >= 0.6 is 15.9 Å². The number of hydrogen-bond acceptors (Lipinski definition) is 2. The number of alkyl halides is 4. The summed E-state index contributed by atoms with van der Waals surface area (Å²) in [5, 5.41) is 2.48. The van der Waals surface area contributed by atoms with Crippen LogP contribution in [0.15, 0.2) is 23.4 Å². The summed E-state index contributed by atoms with van der Waals surface area (Å²) in [4.78, 5) is 10.2. The molecule has 0 fully saturated rings. The van der Waals surface area contributed by atoms with E-state index in [9.17, 15) is 18.1 Å². The van der Waals surface area contributed by atoms with Crippen molar-refractivity contribution in [3.63, 3.8) is 0 Å². The second-order valence-corrected chi connectivity index (χ2v) is 3.09. The number of benzene rings is 1. The Labute approximate surface area is 86.2 Å². The van der Waals surface area contributed by atoms with Crippen molar-refractivity contribution in [1.82, 2.24) is 0 Å². The Hall–Kier alpha value is -0.910. The summed E-state index contributed by atoms with van der Waals surface area (Å²) < 4.78 is 37.2. The molecule has 2 nitrogen and oxygen atoms in total. The lowest BCUT2D eigenvalue weighted by Gasteiger charge is -2.11. The lowest BCUT2D eigenvalue weighted by molar-refractivity contribution is -0.138. The lowest BCUT2D eigenvalue weighted by Crippen LogP contribution is -2.08. The Morgan fingerprint density at radius 1 is 1.36 bits per heavy atom. The molecule has 0 spiro atoms. The third kappa shape index (κ3) is 2.12. The van der Waals surface area contributed by atoms with E-state index in [2.05, 4.69) is 21.1 Å². The van der Waals surface area contributed by atoms with Crippen molar-refractivity contribution in [3.8, 4) is 0 Å². The first kappa shape index (κ1) is 11.2. The molecule has 0 saturated carbocycles. The standard InChI is InChI=1S/C8H5BrF3NO/c9-4-5-6(8(10,11)12)2-1-3-7(5)13-14/h1-3H,4H2. The van der Waals surface area contributed by atoms with Gasteiger partial charge in [-0.15, -0.1) is 4.91 Å². The van der Waals surface area contributed by atoms with Crippen LogP contribution in [0.25, 0.3) is 0 Å². The summed E-state index contributed by atoms with van der Waals surface area (Å²) in [6, 6.07) is 3.33. The second kappa shape index (κ2) is 4.08. The molecule has 0 aliphatic carbocycles. The third-order valence-corrected chi connectivity index (χ3v) is 2.25. The molecule has 14 heavy (non-hydrogen) atoms. The van der Waals surface area contributed by atoms with Crippen LogP contribution in [0.3, 0.4) is 0 Å². The van der Waals surface area contributed by atoms with Crippen molar-refractivity contribution in [2.45, 2.75) is 11.5 Å². The van der Waals surface area contributed by atoms with Gasteiger partial charge in [-0.05, 0) is 17.3 Å². The van der Waals surface area contributed by atoms with E-state index in [0.29, 0.717) is 0 Å². The summed E-state index contributed by atoms with van der Waals surface area (Å²) in [5.74, 6) is 0. The van der Waals surface area contributed by atoms with E-state index in [1.165, 1.54) is 6.07 Å². The summed E-state index contributed by atoms with van der Waals surface area (Å²) in [6.07, 6.45) is -4.45. The Morgan fingerprint density at radius 2 is 2.00 bits per heavy atom. The van der Waals surface area contributed by atoms with E-state index in [0.717, 1.165) is 12.1 Å². The average Bonchev–Trinajstić information content (AvgIpc) is 2.15. The van der Waals surface area contributed by atoms with Gasteiger partial charge < -0.3 is 0 Å². The van der Waals surface area contributed by atoms with Gasteiger partial charge in [0.25, 0.3) is 0 Å².